The van der Waals surface area contributed by atoms with Gasteiger partial charge < -0.3 is 15.4 Å². The van der Waals surface area contributed by atoms with Crippen molar-refractivity contribution in [2.24, 2.45) is 5.92 Å². The van der Waals surface area contributed by atoms with Crippen LogP contribution in [0.1, 0.15) is 44.3 Å². The topological polar surface area (TPSA) is 150 Å². The van der Waals surface area contributed by atoms with E-state index < -0.39 is 5.41 Å². The molecule has 10 nitrogen and oxygen atoms in total. The highest BCUT2D eigenvalue weighted by atomic mass is 16.5. The molecule has 33 heavy (non-hydrogen) atoms. The molecule has 10 heteroatoms. The van der Waals surface area contributed by atoms with Gasteiger partial charge in [-0.15, -0.1) is 0 Å². The lowest BCUT2D eigenvalue weighted by Gasteiger charge is -2.30. The second kappa shape index (κ2) is 9.37. The standard InChI is InChI=1S/C23H26N8O2/c1-14(2)23(3,16-6-7-18(26-11-16)15-9-28-22(24)29-10-15)21-30-20(33-31-21)19-13-25-17(12-27-19)5-4-8-32/h6-7,9-14,32H,4-5,8H2,1-3H3,(H2,24,28,29). The van der Waals surface area contributed by atoms with Crippen LogP contribution in [0.3, 0.4) is 0 Å². The number of hydrogen-bond acceptors (Lipinski definition) is 10. The van der Waals surface area contributed by atoms with Crippen molar-refractivity contribution in [1.82, 2.24) is 35.1 Å². The maximum absolute atomic E-state index is 8.96. The van der Waals surface area contributed by atoms with E-state index in [-0.39, 0.29) is 18.5 Å². The van der Waals surface area contributed by atoms with Crippen molar-refractivity contribution < 1.29 is 9.63 Å². The van der Waals surface area contributed by atoms with Crippen LogP contribution in [0.4, 0.5) is 5.95 Å². The zero-order valence-electron chi connectivity index (χ0n) is 18.8. The summed E-state index contributed by atoms with van der Waals surface area (Å²) in [7, 11) is 0. The minimum atomic E-state index is -0.542. The molecule has 0 aliphatic rings. The van der Waals surface area contributed by atoms with Crippen molar-refractivity contribution in [1.29, 1.82) is 0 Å². The van der Waals surface area contributed by atoms with E-state index in [0.717, 1.165) is 22.5 Å². The Kier molecular flexibility index (Phi) is 6.36. The average Bonchev–Trinajstić information content (AvgIpc) is 3.34. The Labute approximate surface area is 191 Å². The summed E-state index contributed by atoms with van der Waals surface area (Å²) in [5.41, 5.74) is 8.82. The molecule has 4 rings (SSSR count). The summed E-state index contributed by atoms with van der Waals surface area (Å²) in [6.07, 6.45) is 9.69. The lowest BCUT2D eigenvalue weighted by atomic mass is 9.73. The quantitative estimate of drug-likeness (QED) is 0.413. The molecule has 4 aromatic rings. The van der Waals surface area contributed by atoms with Crippen LogP contribution in [-0.2, 0) is 11.8 Å². The first-order chi connectivity index (χ1) is 15.9. The molecule has 0 saturated heterocycles. The number of aliphatic hydroxyl groups is 1. The monoisotopic (exact) mass is 446 g/mol. The second-order valence-corrected chi connectivity index (χ2v) is 8.26. The number of anilines is 1. The fraction of sp³-hybridized carbons (Fsp3) is 0.348. The molecule has 0 aromatic carbocycles. The van der Waals surface area contributed by atoms with Gasteiger partial charge >= 0.3 is 0 Å². The van der Waals surface area contributed by atoms with E-state index in [4.69, 9.17) is 15.4 Å². The summed E-state index contributed by atoms with van der Waals surface area (Å²) in [5, 5.41) is 13.2. The average molecular weight is 447 g/mol. The van der Waals surface area contributed by atoms with Gasteiger partial charge in [-0.25, -0.2) is 15.0 Å². The van der Waals surface area contributed by atoms with E-state index in [0.29, 0.717) is 30.3 Å². The van der Waals surface area contributed by atoms with Crippen molar-refractivity contribution in [3.05, 3.63) is 60.2 Å². The predicted octanol–water partition coefficient (Wildman–Crippen LogP) is 2.85. The number of aryl methyl sites for hydroxylation is 1. The van der Waals surface area contributed by atoms with E-state index in [1.54, 1.807) is 24.8 Å². The van der Waals surface area contributed by atoms with Gasteiger partial charge in [-0.3, -0.25) is 9.97 Å². The summed E-state index contributed by atoms with van der Waals surface area (Å²) >= 11 is 0. The lowest BCUT2D eigenvalue weighted by molar-refractivity contribution is 0.288. The summed E-state index contributed by atoms with van der Waals surface area (Å²) in [6, 6.07) is 3.92. The molecule has 0 saturated carbocycles. The highest BCUT2D eigenvalue weighted by Crippen LogP contribution is 2.38. The number of hydrogen-bond donors (Lipinski definition) is 2. The Morgan fingerprint density at radius 1 is 0.970 bits per heavy atom. The SMILES string of the molecule is CC(C)C(C)(c1ccc(-c2cnc(N)nc2)nc1)c1noc(-c2cnc(CCCO)cn2)n1. The molecule has 0 fully saturated rings. The minimum Gasteiger partial charge on any atom is -0.396 e. The van der Waals surface area contributed by atoms with Gasteiger partial charge in [-0.05, 0) is 37.3 Å². The molecule has 0 radical (unpaired) electrons. The first-order valence-corrected chi connectivity index (χ1v) is 10.7. The van der Waals surface area contributed by atoms with Crippen molar-refractivity contribution in [2.75, 3.05) is 12.3 Å². The Morgan fingerprint density at radius 2 is 1.73 bits per heavy atom. The third-order valence-electron chi connectivity index (χ3n) is 5.89. The van der Waals surface area contributed by atoms with Crippen LogP contribution in [0.5, 0.6) is 0 Å². The highest BCUT2D eigenvalue weighted by molar-refractivity contribution is 5.57. The highest BCUT2D eigenvalue weighted by Gasteiger charge is 2.38. The normalized spacial score (nSPS) is 13.2. The largest absolute Gasteiger partial charge is 0.396 e. The molecular weight excluding hydrogens is 420 g/mol. The molecule has 4 aromatic heterocycles. The van der Waals surface area contributed by atoms with Crippen LogP contribution in [0, 0.1) is 5.92 Å². The summed E-state index contributed by atoms with van der Waals surface area (Å²) in [5.74, 6) is 1.23. The molecule has 1 atom stereocenters. The molecular formula is C23H26N8O2. The van der Waals surface area contributed by atoms with Crippen molar-refractivity contribution in [3.8, 4) is 22.8 Å². The van der Waals surface area contributed by atoms with Gasteiger partial charge in [0.1, 0.15) is 5.69 Å². The van der Waals surface area contributed by atoms with Crippen LogP contribution in [-0.4, -0.2) is 46.8 Å². The number of pyridine rings is 1. The predicted molar refractivity (Wildman–Crippen MR) is 122 cm³/mol. The van der Waals surface area contributed by atoms with Crippen LogP contribution >= 0.6 is 0 Å². The number of aromatic nitrogens is 7. The van der Waals surface area contributed by atoms with Gasteiger partial charge in [0.05, 0.1) is 23.0 Å². The fourth-order valence-electron chi connectivity index (χ4n) is 3.46. The van der Waals surface area contributed by atoms with Crippen LogP contribution in [0.25, 0.3) is 22.8 Å². The number of nitrogen functional groups attached to an aromatic ring is 1. The summed E-state index contributed by atoms with van der Waals surface area (Å²) in [6.45, 7) is 6.40. The maximum Gasteiger partial charge on any atom is 0.278 e. The Morgan fingerprint density at radius 3 is 2.33 bits per heavy atom. The molecule has 0 spiro atoms. The van der Waals surface area contributed by atoms with Gasteiger partial charge in [-0.2, -0.15) is 4.98 Å². The number of aliphatic hydroxyl groups excluding tert-OH is 1. The molecule has 3 N–H and O–H groups in total. The Hall–Kier alpha value is -3.79. The minimum absolute atomic E-state index is 0.119. The molecule has 0 aliphatic carbocycles. The zero-order valence-corrected chi connectivity index (χ0v) is 18.8. The van der Waals surface area contributed by atoms with Gasteiger partial charge in [-0.1, -0.05) is 25.1 Å². The lowest BCUT2D eigenvalue weighted by Crippen LogP contribution is -2.31. The summed E-state index contributed by atoms with van der Waals surface area (Å²) in [4.78, 5) is 26.1. The molecule has 1 unspecified atom stereocenters. The van der Waals surface area contributed by atoms with E-state index in [1.807, 2.05) is 18.3 Å². The van der Waals surface area contributed by atoms with Gasteiger partial charge in [0.25, 0.3) is 5.89 Å². The maximum atomic E-state index is 8.96. The Balaban J connectivity index is 1.61. The first-order valence-electron chi connectivity index (χ1n) is 10.7. The molecule has 4 heterocycles. The van der Waals surface area contributed by atoms with Gasteiger partial charge in [0.2, 0.25) is 5.95 Å². The van der Waals surface area contributed by atoms with E-state index in [2.05, 4.69) is 55.8 Å². The Bertz CT molecular complexity index is 1190. The molecule has 170 valence electrons. The van der Waals surface area contributed by atoms with E-state index in [9.17, 15) is 0 Å². The molecule has 0 bridgehead atoms. The van der Waals surface area contributed by atoms with Crippen LogP contribution in [0.15, 0.2) is 47.6 Å². The van der Waals surface area contributed by atoms with Crippen LogP contribution < -0.4 is 5.73 Å². The van der Waals surface area contributed by atoms with Crippen LogP contribution in [0.2, 0.25) is 0 Å². The van der Waals surface area contributed by atoms with Gasteiger partial charge in [0.15, 0.2) is 5.82 Å². The van der Waals surface area contributed by atoms with Crippen molar-refractivity contribution in [3.63, 3.8) is 0 Å². The zero-order chi connectivity index (χ0) is 23.4. The number of nitrogens with two attached hydrogens (primary N) is 1. The number of nitrogens with zero attached hydrogens (tertiary/aromatic N) is 7. The van der Waals surface area contributed by atoms with Gasteiger partial charge in [0, 0.05) is 37.0 Å². The van der Waals surface area contributed by atoms with Crippen molar-refractivity contribution in [2.45, 2.75) is 39.0 Å². The summed E-state index contributed by atoms with van der Waals surface area (Å²) < 4.78 is 5.54. The van der Waals surface area contributed by atoms with Crippen molar-refractivity contribution >= 4 is 5.95 Å². The van der Waals surface area contributed by atoms with E-state index >= 15 is 0 Å². The number of rotatable bonds is 8. The molecule has 0 amide bonds. The van der Waals surface area contributed by atoms with E-state index in [1.165, 1.54) is 0 Å². The fourth-order valence-corrected chi connectivity index (χ4v) is 3.46. The molecule has 0 aliphatic heterocycles. The third kappa shape index (κ3) is 4.56. The first kappa shape index (κ1) is 22.4. The second-order valence-electron chi connectivity index (χ2n) is 8.26. The smallest absolute Gasteiger partial charge is 0.278 e. The third-order valence-corrected chi connectivity index (χ3v) is 5.89.